The van der Waals surface area contributed by atoms with Crippen LogP contribution in [-0.4, -0.2) is 49.7 Å². The summed E-state index contributed by atoms with van der Waals surface area (Å²) in [7, 11) is 0. The number of likely N-dealkylation sites (tertiary alicyclic amines) is 1. The minimum atomic E-state index is -0.359. The first-order chi connectivity index (χ1) is 12.0. The standard InChI is InChI=1S/C18H24FN3O3/c19-15-3-1-14(2-4-15)18(6-9-25-10-7-18)12-21-17(24)22-8-5-13(11-22)16(20)23/h1-4,13H,5-12H2,(H2,20,23)(H,21,24)/t13-/m0/s1. The number of primary amides is 1. The van der Waals surface area contributed by atoms with Crippen molar-refractivity contribution in [3.05, 3.63) is 35.6 Å². The molecule has 3 amide bonds. The molecule has 25 heavy (non-hydrogen) atoms. The van der Waals surface area contributed by atoms with Crippen molar-refractivity contribution in [2.24, 2.45) is 11.7 Å². The van der Waals surface area contributed by atoms with Crippen LogP contribution >= 0.6 is 0 Å². The van der Waals surface area contributed by atoms with E-state index >= 15 is 0 Å². The molecule has 0 aliphatic carbocycles. The molecule has 2 aliphatic heterocycles. The number of urea groups is 1. The summed E-state index contributed by atoms with van der Waals surface area (Å²) < 4.78 is 18.7. The second kappa shape index (κ2) is 7.39. The third kappa shape index (κ3) is 3.92. The SMILES string of the molecule is NC(=O)[C@H]1CCN(C(=O)NCC2(c3ccc(F)cc3)CCOCC2)C1. The zero-order valence-corrected chi connectivity index (χ0v) is 14.2. The molecule has 1 atom stereocenters. The van der Waals surface area contributed by atoms with E-state index in [-0.39, 0.29) is 29.1 Å². The zero-order chi connectivity index (χ0) is 17.9. The molecule has 2 aliphatic rings. The predicted molar refractivity (Wildman–Crippen MR) is 90.4 cm³/mol. The van der Waals surface area contributed by atoms with Crippen LogP contribution in [0, 0.1) is 11.7 Å². The molecule has 2 saturated heterocycles. The number of halogens is 1. The van der Waals surface area contributed by atoms with Crippen molar-refractivity contribution in [1.29, 1.82) is 0 Å². The van der Waals surface area contributed by atoms with Crippen LogP contribution in [0.1, 0.15) is 24.8 Å². The number of nitrogens with two attached hydrogens (primary N) is 1. The fourth-order valence-electron chi connectivity index (χ4n) is 3.67. The first-order valence-corrected chi connectivity index (χ1v) is 8.66. The summed E-state index contributed by atoms with van der Waals surface area (Å²) in [6.07, 6.45) is 2.14. The fraction of sp³-hybridized carbons (Fsp3) is 0.556. The van der Waals surface area contributed by atoms with Crippen molar-refractivity contribution < 1.29 is 18.7 Å². The number of carbonyl (C=O) groups is 2. The first-order valence-electron chi connectivity index (χ1n) is 8.66. The number of hydrogen-bond acceptors (Lipinski definition) is 3. The van der Waals surface area contributed by atoms with Crippen LogP contribution in [0.5, 0.6) is 0 Å². The van der Waals surface area contributed by atoms with Gasteiger partial charge in [-0.1, -0.05) is 12.1 Å². The van der Waals surface area contributed by atoms with Crippen LogP contribution in [-0.2, 0) is 14.9 Å². The highest BCUT2D eigenvalue weighted by Crippen LogP contribution is 2.34. The van der Waals surface area contributed by atoms with Crippen LogP contribution in [0.3, 0.4) is 0 Å². The number of amides is 3. The number of benzene rings is 1. The largest absolute Gasteiger partial charge is 0.381 e. The van der Waals surface area contributed by atoms with E-state index in [1.165, 1.54) is 12.1 Å². The van der Waals surface area contributed by atoms with E-state index in [0.717, 1.165) is 18.4 Å². The van der Waals surface area contributed by atoms with Crippen molar-refractivity contribution >= 4 is 11.9 Å². The number of hydrogen-bond donors (Lipinski definition) is 2. The summed E-state index contributed by atoms with van der Waals surface area (Å²) in [6, 6.07) is 6.28. The summed E-state index contributed by atoms with van der Waals surface area (Å²) in [5.74, 6) is -0.896. The van der Waals surface area contributed by atoms with E-state index in [2.05, 4.69) is 5.32 Å². The highest BCUT2D eigenvalue weighted by atomic mass is 19.1. The monoisotopic (exact) mass is 349 g/mol. The summed E-state index contributed by atoms with van der Waals surface area (Å²) >= 11 is 0. The Balaban J connectivity index is 1.66. The maximum atomic E-state index is 13.3. The smallest absolute Gasteiger partial charge is 0.317 e. The van der Waals surface area contributed by atoms with Crippen LogP contribution in [0.2, 0.25) is 0 Å². The number of rotatable bonds is 4. The Hall–Kier alpha value is -2.15. The maximum Gasteiger partial charge on any atom is 0.317 e. The molecule has 1 aromatic carbocycles. The summed E-state index contributed by atoms with van der Waals surface area (Å²) in [4.78, 5) is 25.3. The third-order valence-corrected chi connectivity index (χ3v) is 5.36. The van der Waals surface area contributed by atoms with Gasteiger partial charge >= 0.3 is 6.03 Å². The van der Waals surface area contributed by atoms with Gasteiger partial charge in [0.25, 0.3) is 0 Å². The molecule has 0 saturated carbocycles. The lowest BCUT2D eigenvalue weighted by Crippen LogP contribution is -2.48. The molecule has 0 unspecified atom stereocenters. The third-order valence-electron chi connectivity index (χ3n) is 5.36. The highest BCUT2D eigenvalue weighted by Gasteiger charge is 2.36. The lowest BCUT2D eigenvalue weighted by Gasteiger charge is -2.38. The molecule has 0 radical (unpaired) electrons. The first kappa shape index (κ1) is 17.7. The molecule has 0 aromatic heterocycles. The van der Waals surface area contributed by atoms with Crippen molar-refractivity contribution in [3.63, 3.8) is 0 Å². The lowest BCUT2D eigenvalue weighted by atomic mass is 9.74. The molecule has 1 aromatic rings. The second-order valence-electron chi connectivity index (χ2n) is 6.89. The van der Waals surface area contributed by atoms with Gasteiger partial charge in [-0.05, 0) is 37.0 Å². The molecule has 6 nitrogen and oxygen atoms in total. The van der Waals surface area contributed by atoms with Crippen molar-refractivity contribution in [3.8, 4) is 0 Å². The van der Waals surface area contributed by atoms with Gasteiger partial charge in [0, 0.05) is 38.3 Å². The average Bonchev–Trinajstić information content (AvgIpc) is 3.12. The van der Waals surface area contributed by atoms with E-state index in [1.807, 2.05) is 0 Å². The van der Waals surface area contributed by atoms with E-state index in [4.69, 9.17) is 10.5 Å². The topological polar surface area (TPSA) is 84.7 Å². The molecule has 2 fully saturated rings. The Labute approximate surface area is 146 Å². The quantitative estimate of drug-likeness (QED) is 0.861. The molecule has 0 spiro atoms. The number of nitrogens with zero attached hydrogens (tertiary/aromatic N) is 1. The summed E-state index contributed by atoms with van der Waals surface area (Å²) in [6.45, 7) is 2.58. The van der Waals surface area contributed by atoms with E-state index in [1.54, 1.807) is 17.0 Å². The maximum absolute atomic E-state index is 13.3. The normalized spacial score (nSPS) is 22.6. The molecule has 3 rings (SSSR count). The lowest BCUT2D eigenvalue weighted by molar-refractivity contribution is -0.121. The molecular formula is C18H24FN3O3. The van der Waals surface area contributed by atoms with Gasteiger partial charge in [-0.2, -0.15) is 0 Å². The average molecular weight is 349 g/mol. The van der Waals surface area contributed by atoms with E-state index < -0.39 is 0 Å². The summed E-state index contributed by atoms with van der Waals surface area (Å²) in [5, 5.41) is 2.99. The molecule has 3 N–H and O–H groups in total. The number of ether oxygens (including phenoxy) is 1. The van der Waals surface area contributed by atoms with Crippen molar-refractivity contribution in [2.45, 2.75) is 24.7 Å². The minimum absolute atomic E-state index is 0.184. The molecule has 136 valence electrons. The van der Waals surface area contributed by atoms with E-state index in [9.17, 15) is 14.0 Å². The zero-order valence-electron chi connectivity index (χ0n) is 14.2. The molecular weight excluding hydrogens is 325 g/mol. The Bertz CT molecular complexity index is 629. The minimum Gasteiger partial charge on any atom is -0.381 e. The fourth-order valence-corrected chi connectivity index (χ4v) is 3.67. The highest BCUT2D eigenvalue weighted by molar-refractivity contribution is 5.80. The summed E-state index contributed by atoms with van der Waals surface area (Å²) in [5.41, 5.74) is 6.07. The van der Waals surface area contributed by atoms with Crippen LogP contribution in [0.15, 0.2) is 24.3 Å². The van der Waals surface area contributed by atoms with Crippen LogP contribution < -0.4 is 11.1 Å². The Morgan fingerprint density at radius 1 is 1.28 bits per heavy atom. The Morgan fingerprint density at radius 2 is 1.96 bits per heavy atom. The molecule has 7 heteroatoms. The van der Waals surface area contributed by atoms with Gasteiger partial charge < -0.3 is 20.7 Å². The number of carbonyl (C=O) groups excluding carboxylic acids is 2. The Kier molecular flexibility index (Phi) is 5.22. The Morgan fingerprint density at radius 3 is 2.56 bits per heavy atom. The van der Waals surface area contributed by atoms with Crippen molar-refractivity contribution in [2.75, 3.05) is 32.8 Å². The van der Waals surface area contributed by atoms with Gasteiger partial charge in [-0.25, -0.2) is 9.18 Å². The molecule has 2 heterocycles. The van der Waals surface area contributed by atoms with Crippen LogP contribution in [0.4, 0.5) is 9.18 Å². The van der Waals surface area contributed by atoms with E-state index in [0.29, 0.717) is 39.3 Å². The van der Waals surface area contributed by atoms with Crippen molar-refractivity contribution in [1.82, 2.24) is 10.2 Å². The molecule has 0 bridgehead atoms. The van der Waals surface area contributed by atoms with Crippen LogP contribution in [0.25, 0.3) is 0 Å². The van der Waals surface area contributed by atoms with Gasteiger partial charge in [0.1, 0.15) is 5.82 Å². The van der Waals surface area contributed by atoms with Gasteiger partial charge in [-0.3, -0.25) is 4.79 Å². The number of nitrogens with one attached hydrogen (secondary N) is 1. The van der Waals surface area contributed by atoms with Gasteiger partial charge in [-0.15, -0.1) is 0 Å². The van der Waals surface area contributed by atoms with Gasteiger partial charge in [0.15, 0.2) is 0 Å². The van der Waals surface area contributed by atoms with Gasteiger partial charge in [0.2, 0.25) is 5.91 Å². The predicted octanol–water partition coefficient (Wildman–Crippen LogP) is 1.39. The van der Waals surface area contributed by atoms with Gasteiger partial charge in [0.05, 0.1) is 5.92 Å². The second-order valence-corrected chi connectivity index (χ2v) is 6.89.